The second kappa shape index (κ2) is 15.9. The predicted molar refractivity (Wildman–Crippen MR) is 177 cm³/mol. The number of nitrogens with zero attached hydrogens (tertiary/aromatic N) is 3. The Hall–Kier alpha value is -3.80. The van der Waals surface area contributed by atoms with E-state index in [9.17, 15) is 19.2 Å². The molecule has 3 N–H and O–H groups in total. The van der Waals surface area contributed by atoms with E-state index in [2.05, 4.69) is 28.0 Å². The fraction of sp³-hybridized carbons (Fsp3) is 0.629. The van der Waals surface area contributed by atoms with Crippen LogP contribution in [0.2, 0.25) is 0 Å². The molecule has 12 heteroatoms. The van der Waals surface area contributed by atoms with Crippen molar-refractivity contribution in [3.8, 4) is 0 Å². The number of piperidine rings is 1. The fourth-order valence-electron chi connectivity index (χ4n) is 6.61. The molecule has 4 rings (SSSR count). The molecule has 0 unspecified atom stereocenters. The number of carbonyl (C=O) groups excluding carboxylic acids is 4. The van der Waals surface area contributed by atoms with Gasteiger partial charge in [0.1, 0.15) is 23.6 Å². The number of halogens is 1. The molecule has 2 aromatic rings. The molecule has 1 aliphatic heterocycles. The number of anilines is 1. The van der Waals surface area contributed by atoms with Crippen molar-refractivity contribution in [1.82, 2.24) is 25.3 Å². The van der Waals surface area contributed by atoms with Gasteiger partial charge in [0, 0.05) is 45.3 Å². The Morgan fingerprint density at radius 3 is 2.34 bits per heavy atom. The molecule has 0 bridgehead atoms. The lowest BCUT2D eigenvalue weighted by Crippen LogP contribution is -2.54. The summed E-state index contributed by atoms with van der Waals surface area (Å²) in [6.07, 6.45) is 6.51. The molecule has 1 aromatic heterocycles. The number of amides is 4. The number of ether oxygens (including phenoxy) is 1. The number of aryl methyl sites for hydroxylation is 1. The molecular weight excluding hydrogens is 603 g/mol. The Labute approximate surface area is 277 Å². The first-order valence-electron chi connectivity index (χ1n) is 17.0. The molecule has 11 nitrogen and oxygen atoms in total. The van der Waals surface area contributed by atoms with Crippen molar-refractivity contribution in [3.05, 3.63) is 47.5 Å². The van der Waals surface area contributed by atoms with Crippen LogP contribution in [0.4, 0.5) is 10.1 Å². The van der Waals surface area contributed by atoms with Gasteiger partial charge in [0.25, 0.3) is 5.91 Å². The van der Waals surface area contributed by atoms with E-state index in [0.29, 0.717) is 49.7 Å². The molecular formula is C35H51FN6O5. The molecule has 1 saturated heterocycles. The van der Waals surface area contributed by atoms with Gasteiger partial charge in [-0.1, -0.05) is 39.7 Å². The molecule has 3 atom stereocenters. The number of rotatable bonds is 12. The first-order valence-corrected chi connectivity index (χ1v) is 17.0. The van der Waals surface area contributed by atoms with E-state index in [4.69, 9.17) is 4.74 Å². The standard InChI is InChI=1S/C35H51FN6O5/c1-7-29(43)39-30(34(46)41-19-16-35(5,47-6)17-20-41)23(4)25-13-14-27(26(36)21-25)38-33(45)31(24-11-9-22(3)10-12-24)40-32(44)28-15-18-37-42(28)8-2/h13-15,18,21-24,30-31H,7-12,16-17,19-20H2,1-6H3,(H,38,45)(H,39,43)(H,40,44)/t22-,23-,24-,30+,31-/m0/s1. The van der Waals surface area contributed by atoms with E-state index in [1.807, 2.05) is 13.8 Å². The summed E-state index contributed by atoms with van der Waals surface area (Å²) in [7, 11) is 1.67. The Bertz CT molecular complexity index is 1410. The normalized spacial score (nSPS) is 21.3. The zero-order valence-corrected chi connectivity index (χ0v) is 28.6. The van der Waals surface area contributed by atoms with Crippen LogP contribution in [0.15, 0.2) is 30.5 Å². The minimum Gasteiger partial charge on any atom is -0.378 e. The number of aromatic nitrogens is 2. The minimum atomic E-state index is -0.890. The number of hydrogen-bond donors (Lipinski definition) is 3. The zero-order chi connectivity index (χ0) is 34.3. The van der Waals surface area contributed by atoms with Gasteiger partial charge in [-0.2, -0.15) is 5.10 Å². The number of benzene rings is 1. The number of carbonyl (C=O) groups is 4. The molecule has 47 heavy (non-hydrogen) atoms. The molecule has 258 valence electrons. The SMILES string of the molecule is CCC(=O)N[C@@H](C(=O)N1CCC(C)(OC)CC1)[C@@H](C)c1ccc(NC(=O)[C@@H](NC(=O)c2ccnn2CC)[C@H]2CC[C@H](C)CC2)c(F)c1. The molecule has 2 fully saturated rings. The van der Waals surface area contributed by atoms with Crippen LogP contribution in [-0.2, 0) is 25.7 Å². The lowest BCUT2D eigenvalue weighted by molar-refractivity contribution is -0.141. The van der Waals surface area contributed by atoms with E-state index >= 15 is 4.39 Å². The molecule has 0 spiro atoms. The molecule has 2 heterocycles. The number of likely N-dealkylation sites (tertiary alicyclic amines) is 1. The van der Waals surface area contributed by atoms with Crippen LogP contribution in [0.25, 0.3) is 0 Å². The van der Waals surface area contributed by atoms with Crippen LogP contribution in [0.5, 0.6) is 0 Å². The molecule has 1 saturated carbocycles. The van der Waals surface area contributed by atoms with Gasteiger partial charge in [0.05, 0.1) is 11.3 Å². The van der Waals surface area contributed by atoms with Crippen LogP contribution in [0.1, 0.15) is 102 Å². The van der Waals surface area contributed by atoms with Gasteiger partial charge >= 0.3 is 0 Å². The van der Waals surface area contributed by atoms with Crippen molar-refractivity contribution in [3.63, 3.8) is 0 Å². The van der Waals surface area contributed by atoms with Crippen molar-refractivity contribution in [1.29, 1.82) is 0 Å². The van der Waals surface area contributed by atoms with E-state index in [1.54, 1.807) is 48.9 Å². The van der Waals surface area contributed by atoms with Crippen LogP contribution >= 0.6 is 0 Å². The molecule has 0 radical (unpaired) electrons. The highest BCUT2D eigenvalue weighted by Gasteiger charge is 2.37. The lowest BCUT2D eigenvalue weighted by atomic mass is 9.79. The topological polar surface area (TPSA) is 135 Å². The summed E-state index contributed by atoms with van der Waals surface area (Å²) in [5.74, 6) is -2.16. The first-order chi connectivity index (χ1) is 22.4. The van der Waals surface area contributed by atoms with Gasteiger partial charge in [-0.15, -0.1) is 0 Å². The highest BCUT2D eigenvalue weighted by Crippen LogP contribution is 2.32. The predicted octanol–water partition coefficient (Wildman–Crippen LogP) is 4.63. The fourth-order valence-corrected chi connectivity index (χ4v) is 6.61. The van der Waals surface area contributed by atoms with Gasteiger partial charge in [0.2, 0.25) is 17.7 Å². The van der Waals surface area contributed by atoms with Crippen molar-refractivity contribution >= 4 is 29.3 Å². The second-order valence-corrected chi connectivity index (χ2v) is 13.4. The maximum Gasteiger partial charge on any atom is 0.270 e. The average molecular weight is 655 g/mol. The Kier molecular flexibility index (Phi) is 12.2. The Balaban J connectivity index is 1.51. The van der Waals surface area contributed by atoms with Crippen LogP contribution in [0, 0.1) is 17.7 Å². The van der Waals surface area contributed by atoms with Crippen molar-refractivity contribution in [2.24, 2.45) is 11.8 Å². The van der Waals surface area contributed by atoms with Crippen molar-refractivity contribution < 1.29 is 28.3 Å². The summed E-state index contributed by atoms with van der Waals surface area (Å²) in [6, 6.07) is 4.30. The lowest BCUT2D eigenvalue weighted by Gasteiger charge is -2.40. The summed E-state index contributed by atoms with van der Waals surface area (Å²) < 4.78 is 22.9. The minimum absolute atomic E-state index is 0.0247. The molecule has 4 amide bonds. The molecule has 1 aromatic carbocycles. The van der Waals surface area contributed by atoms with Gasteiger partial charge in [-0.05, 0) is 75.1 Å². The van der Waals surface area contributed by atoms with Crippen molar-refractivity contribution in [2.75, 3.05) is 25.5 Å². The van der Waals surface area contributed by atoms with E-state index < -0.39 is 35.6 Å². The van der Waals surface area contributed by atoms with E-state index in [1.165, 1.54) is 12.1 Å². The Morgan fingerprint density at radius 1 is 1.06 bits per heavy atom. The zero-order valence-electron chi connectivity index (χ0n) is 28.6. The smallest absolute Gasteiger partial charge is 0.270 e. The Morgan fingerprint density at radius 2 is 1.74 bits per heavy atom. The van der Waals surface area contributed by atoms with Gasteiger partial charge < -0.3 is 25.6 Å². The number of hydrogen-bond acceptors (Lipinski definition) is 6. The number of methoxy groups -OCH3 is 1. The summed E-state index contributed by atoms with van der Waals surface area (Å²) in [5, 5.41) is 12.6. The van der Waals surface area contributed by atoms with E-state index in [-0.39, 0.29) is 35.4 Å². The highest BCUT2D eigenvalue weighted by molar-refractivity contribution is 6.00. The third kappa shape index (κ3) is 8.77. The molecule has 2 aliphatic rings. The van der Waals surface area contributed by atoms with Gasteiger partial charge in [-0.25, -0.2) is 4.39 Å². The van der Waals surface area contributed by atoms with Gasteiger partial charge in [-0.3, -0.25) is 23.9 Å². The summed E-state index contributed by atoms with van der Waals surface area (Å²) in [4.78, 5) is 54.8. The number of nitrogens with one attached hydrogen (secondary N) is 3. The van der Waals surface area contributed by atoms with Crippen LogP contribution in [0.3, 0.4) is 0 Å². The summed E-state index contributed by atoms with van der Waals surface area (Å²) in [5.41, 5.74) is 0.537. The maximum atomic E-state index is 15.7. The van der Waals surface area contributed by atoms with E-state index in [0.717, 1.165) is 25.7 Å². The maximum absolute atomic E-state index is 15.7. The van der Waals surface area contributed by atoms with Gasteiger partial charge in [0.15, 0.2) is 0 Å². The summed E-state index contributed by atoms with van der Waals surface area (Å²) >= 11 is 0. The third-order valence-corrected chi connectivity index (χ3v) is 10.2. The quantitative estimate of drug-likeness (QED) is 0.306. The summed E-state index contributed by atoms with van der Waals surface area (Å²) in [6.45, 7) is 11.1. The van der Waals surface area contributed by atoms with Crippen LogP contribution in [-0.4, -0.2) is 76.2 Å². The second-order valence-electron chi connectivity index (χ2n) is 13.4. The van der Waals surface area contributed by atoms with Crippen molar-refractivity contribution in [2.45, 2.75) is 110 Å². The third-order valence-electron chi connectivity index (χ3n) is 10.2. The van der Waals surface area contributed by atoms with Crippen LogP contribution < -0.4 is 16.0 Å². The largest absolute Gasteiger partial charge is 0.378 e. The first kappa shape index (κ1) is 36.0. The average Bonchev–Trinajstić information content (AvgIpc) is 3.56. The highest BCUT2D eigenvalue weighted by atomic mass is 19.1. The monoisotopic (exact) mass is 654 g/mol. The molecule has 1 aliphatic carbocycles.